The first-order valence-corrected chi connectivity index (χ1v) is 35.4. The van der Waals surface area contributed by atoms with E-state index in [4.69, 9.17) is 61.6 Å². The van der Waals surface area contributed by atoms with Gasteiger partial charge in [0.25, 0.3) is 0 Å². The molecule has 6 aliphatic heterocycles. The fourth-order valence-electron chi connectivity index (χ4n) is 20.4. The van der Waals surface area contributed by atoms with Crippen molar-refractivity contribution in [2.24, 2.45) is 50.2 Å². The maximum absolute atomic E-state index is 14.1. The topological polar surface area (TPSA) is 495 Å². The zero-order chi connectivity index (χ0) is 74.2. The molecule has 37 atom stereocenters. The van der Waals surface area contributed by atoms with Crippen molar-refractivity contribution >= 4 is 17.9 Å². The SMILES string of the molecule is C/C=C(/C)C(=O)O[C@H]1[C@H](OC(=O)/C(C)=C\C)[C@]23C(O)O[C@@]4(CC[C@@H]5[C@@]6(C)CCC(O[C@@H]7O[C@H](C(=O)O)[C@@H](O)[C@H](O[C@@H]8O[C@H](CO)[C@H](O)[C@H](O)[C@H]8OC8O[C@@H](C)C(O)[C@@H](O)[C@H]8O[C@@H]8OC[C@@H](O)[C@H](O)[C@H]8O)[C@H]7O[C@@H]7O[C@H](CO)[C@H](O)[C@H](O)[C@H]7O)C(C)(C)[C@@H]6CC[C@@]5(C)[C@]4(C)C[C@H]2O)[C@@H]3CC1(C)C. The van der Waals surface area contributed by atoms with Crippen LogP contribution >= 0.6 is 0 Å². The molecule has 5 aliphatic carbocycles. The Kier molecular flexibility index (Phi) is 22.5. The van der Waals surface area contributed by atoms with Crippen molar-refractivity contribution in [3.63, 3.8) is 0 Å². The van der Waals surface area contributed by atoms with Crippen molar-refractivity contribution < 1.29 is 158 Å². The van der Waals surface area contributed by atoms with E-state index in [-0.39, 0.29) is 30.3 Å². The smallest absolute Gasteiger partial charge is 0.335 e. The number of carboxylic acid groups (broad SMARTS) is 1. The molecular weight excluding hydrogens is 1340 g/mol. The lowest BCUT2D eigenvalue weighted by atomic mass is 9.30. The summed E-state index contributed by atoms with van der Waals surface area (Å²) in [7, 11) is 0. The largest absolute Gasteiger partial charge is 0.479 e. The fourth-order valence-corrected chi connectivity index (χ4v) is 20.4. The van der Waals surface area contributed by atoms with Crippen LogP contribution in [0.15, 0.2) is 23.3 Å². The van der Waals surface area contributed by atoms with Crippen molar-refractivity contribution in [1.82, 2.24) is 0 Å². The van der Waals surface area contributed by atoms with E-state index >= 15 is 0 Å². The zero-order valence-electron chi connectivity index (χ0n) is 59.1. The standard InChI is InChI=1S/C69H108O32/c1-13-26(3)55(86)99-52-53(100-56(87)27(4)14-2)69-34(21-63(52,6)7)68(101-62(69)88)20-16-33-65(10)18-17-36(64(8,9)32(65)15-19-66(33,11)67(68,12)22-35(69)73)93-61-51(98-58-45(82)41(78)39(76)30(23-70)91-58)47(46(83)48(95-61)54(84)85)94-60-50(43(80)40(77)31(24-71)92-60)97-59-49(42(79)37(74)28(5)90-59)96-57-44(81)38(75)29(72)25-89-57/h13-14,28-53,57-62,70-83,88H,15-25H2,1-12H3,(H,84,85)/b26-13-,27-14-/t28-,29+,30+,31+,32-,33+,34-,35+,36?,37?,38-,39-,40-,41-,42+,43-,44+,45+,46-,47-,48-,49+,50+,51+,52-,53-,57-,58-,59?,60-,61+,62?,65-,66+,67-,68-,69+/m0/s1. The highest BCUT2D eigenvalue weighted by Gasteiger charge is 2.86. The number of carbonyl (C=O) groups is 3. The number of esters is 2. The number of ether oxygens (including phenoxy) is 13. The molecule has 576 valence electrons. The third kappa shape index (κ3) is 12.6. The Hall–Kier alpha value is -3.15. The number of aliphatic hydroxyl groups is 15. The summed E-state index contributed by atoms with van der Waals surface area (Å²) in [5, 5.41) is 181. The van der Waals surface area contributed by atoms with Gasteiger partial charge in [-0.25, -0.2) is 14.4 Å². The van der Waals surface area contributed by atoms with Gasteiger partial charge in [-0.1, -0.05) is 60.6 Å². The van der Waals surface area contributed by atoms with Gasteiger partial charge in [-0.15, -0.1) is 0 Å². The van der Waals surface area contributed by atoms with Crippen LogP contribution in [-0.4, -0.2) is 303 Å². The quantitative estimate of drug-likeness (QED) is 0.0407. The van der Waals surface area contributed by atoms with Crippen LogP contribution in [0.4, 0.5) is 0 Å². The third-order valence-electron chi connectivity index (χ3n) is 26.5. The van der Waals surface area contributed by atoms with E-state index in [2.05, 4.69) is 20.8 Å². The summed E-state index contributed by atoms with van der Waals surface area (Å²) in [6, 6.07) is 0. The molecule has 0 aromatic rings. The Bertz CT molecular complexity index is 3040. The van der Waals surface area contributed by atoms with E-state index in [0.29, 0.717) is 44.1 Å². The van der Waals surface area contributed by atoms with Crippen LogP contribution in [0.2, 0.25) is 0 Å². The second kappa shape index (κ2) is 28.8. The molecule has 4 unspecified atom stereocenters. The Morgan fingerprint density at radius 3 is 1.64 bits per heavy atom. The number of allylic oxidation sites excluding steroid dienone is 2. The Morgan fingerprint density at radius 2 is 1.04 bits per heavy atom. The van der Waals surface area contributed by atoms with Gasteiger partial charge in [0.2, 0.25) is 0 Å². The fraction of sp³-hybridized carbons (Fsp3) is 0.899. The molecular formula is C69H108O32. The summed E-state index contributed by atoms with van der Waals surface area (Å²) in [6.45, 7) is 19.8. The van der Waals surface area contributed by atoms with Crippen LogP contribution in [0.25, 0.3) is 0 Å². The average molecular weight is 1450 g/mol. The number of rotatable bonds is 17. The van der Waals surface area contributed by atoms with E-state index in [0.717, 1.165) is 0 Å². The second-order valence-electron chi connectivity index (χ2n) is 32.3. The van der Waals surface area contributed by atoms with E-state index in [9.17, 15) is 96.1 Å². The number of aliphatic carboxylic acids is 1. The van der Waals surface area contributed by atoms with Crippen molar-refractivity contribution in [1.29, 1.82) is 0 Å². The van der Waals surface area contributed by atoms with E-state index in [1.165, 1.54) is 6.92 Å². The number of aliphatic hydroxyl groups excluding tert-OH is 15. The molecule has 32 heteroatoms. The van der Waals surface area contributed by atoms with Gasteiger partial charge in [0.05, 0.1) is 49.1 Å². The number of carboxylic acids is 1. The minimum Gasteiger partial charge on any atom is -0.479 e. The van der Waals surface area contributed by atoms with Gasteiger partial charge >= 0.3 is 17.9 Å². The minimum atomic E-state index is -2.37. The van der Waals surface area contributed by atoms with Gasteiger partial charge in [-0.2, -0.15) is 0 Å². The number of hydrogen-bond acceptors (Lipinski definition) is 31. The molecule has 2 bridgehead atoms. The molecule has 1 spiro atoms. The number of fused-ring (bicyclic) bond motifs is 4. The molecule has 11 fully saturated rings. The summed E-state index contributed by atoms with van der Waals surface area (Å²) in [5.74, 6) is -4.05. The van der Waals surface area contributed by atoms with Crippen molar-refractivity contribution in [3.8, 4) is 0 Å². The predicted octanol–water partition coefficient (Wildman–Crippen LogP) is -2.47. The lowest BCUT2D eigenvalue weighted by molar-refractivity contribution is -0.411. The molecule has 11 aliphatic rings. The highest BCUT2D eigenvalue weighted by Crippen LogP contribution is 2.82. The van der Waals surface area contributed by atoms with Crippen LogP contribution in [0.5, 0.6) is 0 Å². The molecule has 0 aromatic heterocycles. The second-order valence-corrected chi connectivity index (χ2v) is 32.3. The average Bonchev–Trinajstić information content (AvgIpc) is 1.50. The monoisotopic (exact) mass is 1450 g/mol. The molecule has 6 heterocycles. The summed E-state index contributed by atoms with van der Waals surface area (Å²) >= 11 is 0. The third-order valence-corrected chi connectivity index (χ3v) is 26.5. The van der Waals surface area contributed by atoms with Crippen LogP contribution in [0.3, 0.4) is 0 Å². The Morgan fingerprint density at radius 1 is 0.515 bits per heavy atom. The van der Waals surface area contributed by atoms with E-state index in [1.54, 1.807) is 39.8 Å². The Labute approximate surface area is 585 Å². The van der Waals surface area contributed by atoms with Gasteiger partial charge in [0, 0.05) is 27.9 Å². The van der Waals surface area contributed by atoms with E-state index < -0.39 is 260 Å². The van der Waals surface area contributed by atoms with Crippen LogP contribution < -0.4 is 0 Å². The summed E-state index contributed by atoms with van der Waals surface area (Å²) in [5.41, 5.74) is -6.00. The van der Waals surface area contributed by atoms with Gasteiger partial charge in [0.15, 0.2) is 49.9 Å². The maximum Gasteiger partial charge on any atom is 0.335 e. The molecule has 6 saturated heterocycles. The minimum absolute atomic E-state index is 0.1000. The predicted molar refractivity (Wildman–Crippen MR) is 338 cm³/mol. The first-order chi connectivity index (χ1) is 47.2. The first-order valence-electron chi connectivity index (χ1n) is 35.4. The van der Waals surface area contributed by atoms with Gasteiger partial charge in [0.1, 0.15) is 110 Å². The molecule has 16 N–H and O–H groups in total. The van der Waals surface area contributed by atoms with Gasteiger partial charge in [-0.05, 0) is 114 Å². The lowest BCUT2D eigenvalue weighted by Crippen LogP contribution is -2.77. The van der Waals surface area contributed by atoms with Crippen molar-refractivity contribution in [2.45, 2.75) is 318 Å². The van der Waals surface area contributed by atoms with Crippen molar-refractivity contribution in [3.05, 3.63) is 23.3 Å². The normalized spacial score (nSPS) is 52.6. The van der Waals surface area contributed by atoms with Crippen LogP contribution in [0.1, 0.15) is 134 Å². The molecule has 32 nitrogen and oxygen atoms in total. The molecule has 0 amide bonds. The number of hydrogen-bond donors (Lipinski definition) is 16. The number of carbonyl (C=O) groups excluding carboxylic acids is 2. The highest BCUT2D eigenvalue weighted by atomic mass is 16.8. The molecule has 0 radical (unpaired) electrons. The van der Waals surface area contributed by atoms with E-state index in [1.807, 2.05) is 27.7 Å². The summed E-state index contributed by atoms with van der Waals surface area (Å²) < 4.78 is 81.5. The van der Waals surface area contributed by atoms with Crippen LogP contribution in [-0.2, 0) is 76.0 Å². The van der Waals surface area contributed by atoms with Gasteiger partial charge in [-0.3, -0.25) is 0 Å². The van der Waals surface area contributed by atoms with Gasteiger partial charge < -0.3 is 143 Å². The first kappa shape index (κ1) is 78.9. The molecule has 101 heavy (non-hydrogen) atoms. The van der Waals surface area contributed by atoms with Crippen LogP contribution in [0, 0.1) is 50.2 Å². The summed E-state index contributed by atoms with van der Waals surface area (Å²) in [6.07, 6.45) is -46.9. The molecule has 11 rings (SSSR count). The Balaban J connectivity index is 0.914. The van der Waals surface area contributed by atoms with Crippen molar-refractivity contribution in [2.75, 3.05) is 19.8 Å². The summed E-state index contributed by atoms with van der Waals surface area (Å²) in [4.78, 5) is 41.3. The lowest BCUT2D eigenvalue weighted by Gasteiger charge is -2.75. The highest BCUT2D eigenvalue weighted by molar-refractivity contribution is 5.89. The maximum atomic E-state index is 14.1. The molecule has 5 saturated carbocycles. The zero-order valence-corrected chi connectivity index (χ0v) is 59.1. The molecule has 0 aromatic carbocycles.